The summed E-state index contributed by atoms with van der Waals surface area (Å²) < 4.78 is 28.0. The summed E-state index contributed by atoms with van der Waals surface area (Å²) in [4.78, 5) is 12.1. The van der Waals surface area contributed by atoms with Gasteiger partial charge in [-0.2, -0.15) is 0 Å². The Morgan fingerprint density at radius 2 is 2.04 bits per heavy atom. The van der Waals surface area contributed by atoms with E-state index in [2.05, 4.69) is 48.8 Å². The van der Waals surface area contributed by atoms with Gasteiger partial charge in [0.1, 0.15) is 24.1 Å². The number of aliphatic hydroxyl groups is 1. The van der Waals surface area contributed by atoms with Crippen LogP contribution in [0.15, 0.2) is 12.7 Å². The molecule has 1 aliphatic rings. The van der Waals surface area contributed by atoms with Gasteiger partial charge in [0.05, 0.1) is 12.9 Å². The summed E-state index contributed by atoms with van der Waals surface area (Å²) in [6.45, 7) is 10.6. The minimum atomic E-state index is -2.05. The van der Waals surface area contributed by atoms with Gasteiger partial charge < -0.3 is 20.0 Å². The molecule has 0 aliphatic carbocycles. The Balaban J connectivity index is 1.78. The highest BCUT2D eigenvalue weighted by Crippen LogP contribution is 2.38. The zero-order valence-corrected chi connectivity index (χ0v) is 16.7. The normalized spacial score (nSPS) is 27.3. The molecule has 10 heteroatoms. The molecule has 2 aromatic rings. The van der Waals surface area contributed by atoms with E-state index in [1.54, 1.807) is 0 Å². The van der Waals surface area contributed by atoms with Crippen molar-refractivity contribution in [2.75, 3.05) is 12.3 Å². The highest BCUT2D eigenvalue weighted by atomic mass is 28.4. The number of rotatable bonds is 4. The molecule has 0 saturated carbocycles. The van der Waals surface area contributed by atoms with Crippen LogP contribution in [0.4, 0.5) is 10.2 Å². The van der Waals surface area contributed by atoms with E-state index in [0.717, 1.165) is 0 Å². The second-order valence-electron chi connectivity index (χ2n) is 8.15. The van der Waals surface area contributed by atoms with E-state index in [0.29, 0.717) is 11.2 Å². The Hall–Kier alpha value is -1.62. The van der Waals surface area contributed by atoms with Gasteiger partial charge in [-0.1, -0.05) is 20.8 Å². The zero-order valence-electron chi connectivity index (χ0n) is 15.7. The van der Waals surface area contributed by atoms with Gasteiger partial charge >= 0.3 is 0 Å². The predicted octanol–water partition coefficient (Wildman–Crippen LogP) is 2.03. The molecule has 0 unspecified atom stereocenters. The van der Waals surface area contributed by atoms with Crippen LogP contribution in [0.3, 0.4) is 0 Å². The van der Waals surface area contributed by atoms with Crippen molar-refractivity contribution in [1.29, 1.82) is 0 Å². The molecule has 4 atom stereocenters. The summed E-state index contributed by atoms with van der Waals surface area (Å²) in [6, 6.07) is 0. The third-order valence-corrected chi connectivity index (χ3v) is 9.86. The summed E-state index contributed by atoms with van der Waals surface area (Å²) in [5.74, 6) is 0.218. The molecule has 3 heterocycles. The Morgan fingerprint density at radius 3 is 2.69 bits per heavy atom. The second kappa shape index (κ2) is 6.52. The fraction of sp³-hybridized carbons (Fsp3) is 0.688. The lowest BCUT2D eigenvalue weighted by Crippen LogP contribution is -2.44. The minimum absolute atomic E-state index is 0.00439. The largest absolute Gasteiger partial charge is 0.414 e. The van der Waals surface area contributed by atoms with Crippen molar-refractivity contribution >= 4 is 25.3 Å². The molecule has 0 spiro atoms. The number of anilines is 1. The van der Waals surface area contributed by atoms with Crippen molar-refractivity contribution in [3.8, 4) is 0 Å². The van der Waals surface area contributed by atoms with E-state index in [9.17, 15) is 9.50 Å². The number of nitrogen functional groups attached to an aromatic ring is 1. The number of imidazole rings is 1. The lowest BCUT2D eigenvalue weighted by Gasteiger charge is -2.37. The van der Waals surface area contributed by atoms with Gasteiger partial charge in [0, 0.05) is 0 Å². The van der Waals surface area contributed by atoms with E-state index in [1.165, 1.54) is 17.2 Å². The lowest BCUT2D eigenvalue weighted by molar-refractivity contribution is -0.0478. The number of ether oxygens (including phenoxy) is 1. The van der Waals surface area contributed by atoms with E-state index in [4.69, 9.17) is 14.9 Å². The fourth-order valence-corrected chi connectivity index (χ4v) is 3.65. The molecule has 2 aromatic heterocycles. The number of nitrogens with two attached hydrogens (primary N) is 1. The van der Waals surface area contributed by atoms with Crippen LogP contribution in [-0.4, -0.2) is 57.9 Å². The molecule has 1 saturated heterocycles. The molecule has 8 nitrogen and oxygen atoms in total. The molecule has 0 aromatic carbocycles. The number of fused-ring (bicyclic) bond motifs is 1. The van der Waals surface area contributed by atoms with Crippen molar-refractivity contribution in [3.63, 3.8) is 0 Å². The van der Waals surface area contributed by atoms with Crippen molar-refractivity contribution in [1.82, 2.24) is 19.5 Å². The summed E-state index contributed by atoms with van der Waals surface area (Å²) in [5.41, 5.74) is 6.55. The van der Waals surface area contributed by atoms with E-state index >= 15 is 0 Å². The highest BCUT2D eigenvalue weighted by Gasteiger charge is 2.47. The maximum Gasteiger partial charge on any atom is 0.192 e. The first-order valence-electron chi connectivity index (χ1n) is 8.57. The smallest absolute Gasteiger partial charge is 0.192 e. The van der Waals surface area contributed by atoms with Crippen LogP contribution in [0.5, 0.6) is 0 Å². The Morgan fingerprint density at radius 1 is 1.35 bits per heavy atom. The SMILES string of the molecule is CC(C)(C)[Si](C)(C)OC[C@H]1O[C@@H](n2cnc3c(N)ncnc32)[C@H](O)[C@@H]1F. The molecule has 144 valence electrons. The molecule has 0 amide bonds. The number of nitrogens with zero attached hydrogens (tertiary/aromatic N) is 4. The van der Waals surface area contributed by atoms with Gasteiger partial charge in [-0.25, -0.2) is 19.3 Å². The zero-order chi connectivity index (χ0) is 19.3. The first-order chi connectivity index (χ1) is 12.0. The molecular formula is C16H26FN5O3Si. The predicted molar refractivity (Wildman–Crippen MR) is 97.7 cm³/mol. The molecule has 1 fully saturated rings. The Bertz CT molecular complexity index is 794. The van der Waals surface area contributed by atoms with Crippen LogP contribution >= 0.6 is 0 Å². The quantitative estimate of drug-likeness (QED) is 0.778. The fourth-order valence-electron chi connectivity index (χ4n) is 2.64. The van der Waals surface area contributed by atoms with E-state index in [-0.39, 0.29) is 17.5 Å². The first-order valence-corrected chi connectivity index (χ1v) is 11.5. The van der Waals surface area contributed by atoms with Gasteiger partial charge in [0.2, 0.25) is 0 Å². The number of hydrogen-bond acceptors (Lipinski definition) is 7. The van der Waals surface area contributed by atoms with E-state index < -0.39 is 32.9 Å². The molecule has 1 aliphatic heterocycles. The van der Waals surface area contributed by atoms with Gasteiger partial charge in [-0.05, 0) is 18.1 Å². The van der Waals surface area contributed by atoms with Gasteiger partial charge in [-0.15, -0.1) is 0 Å². The van der Waals surface area contributed by atoms with Crippen molar-refractivity contribution in [2.24, 2.45) is 0 Å². The maximum atomic E-state index is 14.6. The standard InChI is InChI=1S/C16H26FN5O3Si/c1-16(2,3)26(4,5)24-6-9-10(17)12(23)15(25-9)22-8-21-11-13(18)19-7-20-14(11)22/h7-10,12,15,23H,6H2,1-5H3,(H2,18,19,20)/t9-,10-,12-,15-/m1/s1. The maximum absolute atomic E-state index is 14.6. The Kier molecular flexibility index (Phi) is 4.80. The van der Waals surface area contributed by atoms with Crippen molar-refractivity contribution in [3.05, 3.63) is 12.7 Å². The molecule has 3 N–H and O–H groups in total. The van der Waals surface area contributed by atoms with Crippen molar-refractivity contribution < 1.29 is 18.7 Å². The average Bonchev–Trinajstić information content (AvgIpc) is 3.08. The molecule has 3 rings (SSSR count). The minimum Gasteiger partial charge on any atom is -0.414 e. The molecule has 26 heavy (non-hydrogen) atoms. The van der Waals surface area contributed by atoms with Gasteiger partial charge in [-0.3, -0.25) is 4.57 Å². The summed E-state index contributed by atoms with van der Waals surface area (Å²) in [5, 5.41) is 10.4. The number of aliphatic hydroxyl groups excluding tert-OH is 1. The molecule has 0 radical (unpaired) electrons. The van der Waals surface area contributed by atoms with Crippen LogP contribution in [0, 0.1) is 0 Å². The van der Waals surface area contributed by atoms with Crippen LogP contribution in [-0.2, 0) is 9.16 Å². The Labute approximate surface area is 152 Å². The van der Waals surface area contributed by atoms with E-state index in [1.807, 2.05) is 0 Å². The number of hydrogen-bond donors (Lipinski definition) is 2. The van der Waals surface area contributed by atoms with Crippen LogP contribution in [0.25, 0.3) is 11.2 Å². The molecule has 0 bridgehead atoms. The number of alkyl halides is 1. The average molecular weight is 384 g/mol. The third-order valence-electron chi connectivity index (χ3n) is 5.36. The van der Waals surface area contributed by atoms with Gasteiger partial charge in [0.25, 0.3) is 0 Å². The molecular weight excluding hydrogens is 357 g/mol. The monoisotopic (exact) mass is 383 g/mol. The summed E-state index contributed by atoms with van der Waals surface area (Å²) >= 11 is 0. The summed E-state index contributed by atoms with van der Waals surface area (Å²) in [7, 11) is -2.05. The van der Waals surface area contributed by atoms with Crippen LogP contribution in [0.2, 0.25) is 18.1 Å². The third kappa shape index (κ3) is 3.22. The number of halogens is 1. The van der Waals surface area contributed by atoms with Gasteiger partial charge in [0.15, 0.2) is 32.2 Å². The first kappa shape index (κ1) is 19.1. The van der Waals surface area contributed by atoms with Crippen LogP contribution in [0.1, 0.15) is 27.0 Å². The second-order valence-corrected chi connectivity index (χ2v) is 13.0. The van der Waals surface area contributed by atoms with Crippen LogP contribution < -0.4 is 5.73 Å². The summed E-state index contributed by atoms with van der Waals surface area (Å²) in [6.07, 6.45) is -2.01. The van der Waals surface area contributed by atoms with Crippen molar-refractivity contribution in [2.45, 2.75) is 63.5 Å². The lowest BCUT2D eigenvalue weighted by atomic mass is 10.1. The topological polar surface area (TPSA) is 108 Å². The number of aromatic nitrogens is 4. The highest BCUT2D eigenvalue weighted by molar-refractivity contribution is 6.74.